The van der Waals surface area contributed by atoms with Gasteiger partial charge in [0.2, 0.25) is 0 Å². The molecule has 20 heavy (non-hydrogen) atoms. The van der Waals surface area contributed by atoms with Gasteiger partial charge >= 0.3 is 12.1 Å². The first-order valence-corrected chi connectivity index (χ1v) is 5.52. The molecule has 114 valence electrons. The number of esters is 1. The molecule has 0 aliphatic heterocycles. The number of carboxylic acid groups (broad SMARTS) is 2. The molecule has 1 unspecified atom stereocenters. The Morgan fingerprint density at radius 3 is 1.85 bits per heavy atom. The average molecular weight is 289 g/mol. The first-order chi connectivity index (χ1) is 8.94. The summed E-state index contributed by atoms with van der Waals surface area (Å²) >= 11 is 0. The minimum absolute atomic E-state index is 0.871. The summed E-state index contributed by atoms with van der Waals surface area (Å²) in [5, 5.41) is 23.4. The summed E-state index contributed by atoms with van der Waals surface area (Å²) in [7, 11) is 0. The van der Waals surface area contributed by atoms with Crippen LogP contribution in [-0.4, -0.2) is 41.7 Å². The molecule has 0 aromatic rings. The van der Waals surface area contributed by atoms with Crippen molar-refractivity contribution >= 4 is 24.0 Å². The van der Waals surface area contributed by atoms with Crippen molar-refractivity contribution in [1.29, 1.82) is 0 Å². The first-order valence-electron chi connectivity index (χ1n) is 5.52. The maximum absolute atomic E-state index is 11.4. The topological polar surface area (TPSA) is 145 Å². The van der Waals surface area contributed by atoms with E-state index in [1.165, 1.54) is 20.8 Å². The molecular weight excluding hydrogens is 274 g/mol. The van der Waals surface area contributed by atoms with Crippen LogP contribution in [0.1, 0.15) is 27.7 Å². The van der Waals surface area contributed by atoms with Gasteiger partial charge in [0.1, 0.15) is 11.6 Å². The minimum Gasteiger partial charge on any atom is -0.548 e. The molecule has 0 radical (unpaired) electrons. The molecule has 0 fully saturated rings. The molecule has 0 aromatic heterocycles. The van der Waals surface area contributed by atoms with Crippen molar-refractivity contribution in [2.75, 3.05) is 0 Å². The fraction of sp³-hybridized carbons (Fsp3) is 0.636. The SMILES string of the molecule is CC(=O)OC(C(=O)[O-])[C@H](NC(=O)OC(C)(C)C)C(=O)[O-]. The van der Waals surface area contributed by atoms with Crippen LogP contribution in [0.3, 0.4) is 0 Å². The van der Waals surface area contributed by atoms with E-state index in [1.54, 1.807) is 5.32 Å². The van der Waals surface area contributed by atoms with Crippen LogP contribution in [-0.2, 0) is 23.9 Å². The quantitative estimate of drug-likeness (QED) is 0.538. The van der Waals surface area contributed by atoms with Crippen LogP contribution in [0.5, 0.6) is 0 Å². The van der Waals surface area contributed by atoms with E-state index in [0.717, 1.165) is 6.92 Å². The second kappa shape index (κ2) is 6.73. The number of ether oxygens (including phenoxy) is 2. The molecule has 0 rings (SSSR count). The molecule has 9 heteroatoms. The molecule has 0 saturated carbocycles. The van der Waals surface area contributed by atoms with Crippen molar-refractivity contribution in [3.8, 4) is 0 Å². The van der Waals surface area contributed by atoms with Crippen molar-refractivity contribution < 1.29 is 38.9 Å². The third-order valence-corrected chi connectivity index (χ3v) is 1.75. The number of aliphatic carboxylic acids is 2. The van der Waals surface area contributed by atoms with E-state index in [-0.39, 0.29) is 0 Å². The zero-order chi connectivity index (χ0) is 16.1. The maximum Gasteiger partial charge on any atom is 0.408 e. The minimum atomic E-state index is -2.23. The lowest BCUT2D eigenvalue weighted by molar-refractivity contribution is -0.326. The van der Waals surface area contributed by atoms with E-state index < -0.39 is 41.7 Å². The summed E-state index contributed by atoms with van der Waals surface area (Å²) in [6.45, 7) is 5.42. The molecule has 0 aliphatic carbocycles. The Morgan fingerprint density at radius 2 is 1.55 bits per heavy atom. The van der Waals surface area contributed by atoms with Gasteiger partial charge < -0.3 is 34.6 Å². The van der Waals surface area contributed by atoms with Gasteiger partial charge in [-0.05, 0) is 20.8 Å². The van der Waals surface area contributed by atoms with Gasteiger partial charge in [0, 0.05) is 6.92 Å². The van der Waals surface area contributed by atoms with Crippen LogP contribution in [0.15, 0.2) is 0 Å². The summed E-state index contributed by atoms with van der Waals surface area (Å²) in [5.74, 6) is -5.02. The number of alkyl carbamates (subject to hydrolysis) is 1. The molecule has 0 saturated heterocycles. The number of amides is 1. The van der Waals surface area contributed by atoms with Gasteiger partial charge in [0.15, 0.2) is 6.10 Å². The van der Waals surface area contributed by atoms with Crippen LogP contribution in [0.25, 0.3) is 0 Å². The molecule has 1 amide bonds. The van der Waals surface area contributed by atoms with Crippen LogP contribution < -0.4 is 15.5 Å². The molecule has 0 heterocycles. The highest BCUT2D eigenvalue weighted by atomic mass is 16.6. The van der Waals surface area contributed by atoms with Gasteiger partial charge in [-0.15, -0.1) is 0 Å². The normalized spacial score (nSPS) is 13.8. The Balaban J connectivity index is 5.03. The number of hydrogen-bond donors (Lipinski definition) is 1. The predicted octanol–water partition coefficient (Wildman–Crippen LogP) is -2.69. The molecule has 0 spiro atoms. The van der Waals surface area contributed by atoms with Gasteiger partial charge in [-0.3, -0.25) is 4.79 Å². The van der Waals surface area contributed by atoms with Crippen molar-refractivity contribution in [3.63, 3.8) is 0 Å². The van der Waals surface area contributed by atoms with Crippen molar-refractivity contribution in [2.24, 2.45) is 0 Å². The van der Waals surface area contributed by atoms with E-state index in [0.29, 0.717) is 0 Å². The number of carboxylic acids is 2. The monoisotopic (exact) mass is 289 g/mol. The highest BCUT2D eigenvalue weighted by molar-refractivity contribution is 5.87. The van der Waals surface area contributed by atoms with Crippen LogP contribution >= 0.6 is 0 Å². The number of nitrogens with one attached hydrogen (secondary N) is 1. The third-order valence-electron chi connectivity index (χ3n) is 1.75. The van der Waals surface area contributed by atoms with Gasteiger partial charge in [-0.1, -0.05) is 0 Å². The summed E-state index contributed by atoms with van der Waals surface area (Å²) < 4.78 is 9.03. The van der Waals surface area contributed by atoms with Crippen molar-refractivity contribution in [2.45, 2.75) is 45.4 Å². The van der Waals surface area contributed by atoms with Gasteiger partial charge in [-0.2, -0.15) is 0 Å². The molecule has 1 N–H and O–H groups in total. The Hall–Kier alpha value is -2.32. The predicted molar refractivity (Wildman–Crippen MR) is 58.7 cm³/mol. The molecule has 0 aliphatic rings. The van der Waals surface area contributed by atoms with Gasteiger partial charge in [0.25, 0.3) is 0 Å². The number of carbonyl (C=O) groups is 4. The Labute approximate surface area is 114 Å². The average Bonchev–Trinajstić information content (AvgIpc) is 2.19. The molecular formula is C11H15NO8-2. The summed E-state index contributed by atoms with van der Waals surface area (Å²) in [4.78, 5) is 43.8. The lowest BCUT2D eigenvalue weighted by Gasteiger charge is -2.29. The number of rotatable bonds is 5. The lowest BCUT2D eigenvalue weighted by Crippen LogP contribution is -2.60. The van der Waals surface area contributed by atoms with Gasteiger partial charge in [-0.25, -0.2) is 4.79 Å². The Morgan fingerprint density at radius 1 is 1.05 bits per heavy atom. The maximum atomic E-state index is 11.4. The van der Waals surface area contributed by atoms with Crippen LogP contribution in [0.4, 0.5) is 4.79 Å². The van der Waals surface area contributed by atoms with Crippen molar-refractivity contribution in [1.82, 2.24) is 5.32 Å². The zero-order valence-corrected chi connectivity index (χ0v) is 11.4. The first kappa shape index (κ1) is 17.7. The third kappa shape index (κ3) is 6.57. The van der Waals surface area contributed by atoms with Gasteiger partial charge in [0.05, 0.1) is 11.9 Å². The smallest absolute Gasteiger partial charge is 0.408 e. The van der Waals surface area contributed by atoms with Crippen LogP contribution in [0.2, 0.25) is 0 Å². The van der Waals surface area contributed by atoms with E-state index in [1.807, 2.05) is 0 Å². The number of hydrogen-bond acceptors (Lipinski definition) is 8. The largest absolute Gasteiger partial charge is 0.548 e. The second-order valence-corrected chi connectivity index (χ2v) is 4.79. The Bertz CT molecular complexity index is 411. The standard InChI is InChI=1S/C11H17NO8/c1-5(13)19-7(9(16)17)6(8(14)15)12-10(18)20-11(2,3)4/h6-7H,1-4H3,(H,12,18)(H,14,15)(H,16,17)/p-2/t6-,7?/m0/s1. The number of carbonyl (C=O) groups excluding carboxylic acids is 4. The summed E-state index contributed by atoms with van der Waals surface area (Å²) in [5.41, 5.74) is -0.932. The van der Waals surface area contributed by atoms with E-state index >= 15 is 0 Å². The molecule has 2 atom stereocenters. The van der Waals surface area contributed by atoms with Crippen LogP contribution in [0, 0.1) is 0 Å². The fourth-order valence-electron chi connectivity index (χ4n) is 1.12. The fourth-order valence-corrected chi connectivity index (χ4v) is 1.12. The molecule has 0 aromatic carbocycles. The summed E-state index contributed by atoms with van der Waals surface area (Å²) in [6, 6.07) is -2.14. The van der Waals surface area contributed by atoms with E-state index in [9.17, 15) is 29.4 Å². The van der Waals surface area contributed by atoms with E-state index in [4.69, 9.17) is 4.74 Å². The summed E-state index contributed by atoms with van der Waals surface area (Å²) in [6.07, 6.45) is -3.44. The lowest BCUT2D eigenvalue weighted by atomic mass is 10.1. The van der Waals surface area contributed by atoms with E-state index in [2.05, 4.69) is 4.74 Å². The second-order valence-electron chi connectivity index (χ2n) is 4.79. The zero-order valence-electron chi connectivity index (χ0n) is 11.4. The highest BCUT2D eigenvalue weighted by Crippen LogP contribution is 2.08. The molecule has 9 nitrogen and oxygen atoms in total. The van der Waals surface area contributed by atoms with Crippen molar-refractivity contribution in [3.05, 3.63) is 0 Å². The highest BCUT2D eigenvalue weighted by Gasteiger charge is 2.30. The molecule has 0 bridgehead atoms. The Kier molecular flexibility index (Phi) is 5.95.